The molecule has 1 aromatic heterocycles. The molecule has 1 rings (SSSR count). The second-order valence-corrected chi connectivity index (χ2v) is 3.08. The summed E-state index contributed by atoms with van der Waals surface area (Å²) in [6.45, 7) is 2.25. The quantitative estimate of drug-likeness (QED) is 0.616. The summed E-state index contributed by atoms with van der Waals surface area (Å²) in [5.41, 5.74) is 0. The molecule has 0 bridgehead atoms. The molecule has 0 atom stereocenters. The first-order valence-electron chi connectivity index (χ1n) is 4.05. The number of hydrogen-bond donors (Lipinski definition) is 1. The number of nitrogens with zero attached hydrogens (tertiary/aromatic N) is 2. The van der Waals surface area contributed by atoms with Crippen molar-refractivity contribution in [2.24, 2.45) is 0 Å². The van der Waals surface area contributed by atoms with Crippen molar-refractivity contribution in [1.29, 1.82) is 0 Å². The van der Waals surface area contributed by atoms with Gasteiger partial charge in [-0.3, -0.25) is 4.68 Å². The van der Waals surface area contributed by atoms with Gasteiger partial charge in [0.1, 0.15) is 0 Å². The molecule has 1 N–H and O–H groups in total. The molecule has 1 heterocycles. The van der Waals surface area contributed by atoms with Crippen LogP contribution in [0.15, 0.2) is 18.5 Å². The Morgan fingerprint density at radius 1 is 1.45 bits per heavy atom. The van der Waals surface area contributed by atoms with Gasteiger partial charge >= 0.3 is 0 Å². The van der Waals surface area contributed by atoms with Crippen molar-refractivity contribution in [2.45, 2.75) is 13.0 Å². The Hall–Kier alpha value is -0.830. The molecule has 0 saturated carbocycles. The van der Waals surface area contributed by atoms with E-state index in [1.54, 1.807) is 0 Å². The van der Waals surface area contributed by atoms with Crippen LogP contribution in [0, 0.1) is 0 Å². The first kappa shape index (κ1) is 8.27. The van der Waals surface area contributed by atoms with Gasteiger partial charge in [-0.15, -0.1) is 0 Å². The second-order valence-electron chi connectivity index (χ2n) is 3.08. The Morgan fingerprint density at radius 2 is 2.27 bits per heavy atom. The van der Waals surface area contributed by atoms with E-state index in [0.29, 0.717) is 0 Å². The molecule has 3 heteroatoms. The number of quaternary nitrogens is 1. The standard InChI is InChI=1S/C8H15N3/c1-10(2)6-4-8-11-7-3-5-9-11/h3,5,7H,4,6,8H2,1-2H3/p+1. The minimum atomic E-state index is 1.04. The van der Waals surface area contributed by atoms with E-state index in [1.807, 2.05) is 23.1 Å². The van der Waals surface area contributed by atoms with Crippen molar-refractivity contribution in [3.05, 3.63) is 18.5 Å². The Labute approximate surface area is 67.6 Å². The van der Waals surface area contributed by atoms with Gasteiger partial charge in [-0.05, 0) is 6.07 Å². The summed E-state index contributed by atoms with van der Waals surface area (Å²) >= 11 is 0. The molecule has 11 heavy (non-hydrogen) atoms. The summed E-state index contributed by atoms with van der Waals surface area (Å²) in [7, 11) is 4.34. The van der Waals surface area contributed by atoms with Gasteiger partial charge in [0, 0.05) is 25.4 Å². The van der Waals surface area contributed by atoms with Gasteiger partial charge in [0.15, 0.2) is 0 Å². The molecule has 0 spiro atoms. The highest BCUT2D eigenvalue weighted by Gasteiger charge is 1.94. The van der Waals surface area contributed by atoms with Crippen molar-refractivity contribution < 1.29 is 4.90 Å². The SMILES string of the molecule is C[NH+](C)CCCn1cccn1. The third kappa shape index (κ3) is 3.18. The normalized spacial score (nSPS) is 10.8. The minimum Gasteiger partial charge on any atom is -0.340 e. The lowest BCUT2D eigenvalue weighted by Crippen LogP contribution is -3.05. The predicted octanol–water partition coefficient (Wildman–Crippen LogP) is -0.582. The average molecular weight is 154 g/mol. The van der Waals surface area contributed by atoms with E-state index in [-0.39, 0.29) is 0 Å². The van der Waals surface area contributed by atoms with E-state index in [1.165, 1.54) is 17.9 Å². The van der Waals surface area contributed by atoms with Crippen LogP contribution in [0.1, 0.15) is 6.42 Å². The molecule has 0 unspecified atom stereocenters. The fraction of sp³-hybridized carbons (Fsp3) is 0.625. The monoisotopic (exact) mass is 154 g/mol. The lowest BCUT2D eigenvalue weighted by Gasteiger charge is -2.06. The van der Waals surface area contributed by atoms with Crippen LogP contribution in [0.3, 0.4) is 0 Å². The van der Waals surface area contributed by atoms with Crippen molar-refractivity contribution in [3.8, 4) is 0 Å². The minimum absolute atomic E-state index is 1.04. The van der Waals surface area contributed by atoms with Crippen LogP contribution in [0.2, 0.25) is 0 Å². The lowest BCUT2D eigenvalue weighted by atomic mass is 10.4. The maximum atomic E-state index is 4.12. The Morgan fingerprint density at radius 3 is 2.82 bits per heavy atom. The van der Waals surface area contributed by atoms with Crippen LogP contribution in [0.5, 0.6) is 0 Å². The molecule has 3 nitrogen and oxygen atoms in total. The summed E-state index contributed by atoms with van der Waals surface area (Å²) in [6.07, 6.45) is 5.03. The van der Waals surface area contributed by atoms with E-state index in [9.17, 15) is 0 Å². The van der Waals surface area contributed by atoms with Crippen LogP contribution in [-0.2, 0) is 6.54 Å². The lowest BCUT2D eigenvalue weighted by molar-refractivity contribution is -0.858. The van der Waals surface area contributed by atoms with Crippen LogP contribution in [0.4, 0.5) is 0 Å². The summed E-state index contributed by atoms with van der Waals surface area (Å²) in [5, 5.41) is 4.12. The molecule has 0 radical (unpaired) electrons. The van der Waals surface area contributed by atoms with E-state index >= 15 is 0 Å². The Bertz CT molecular complexity index is 179. The summed E-state index contributed by atoms with van der Waals surface area (Å²) < 4.78 is 1.98. The highest BCUT2D eigenvalue weighted by Crippen LogP contribution is 1.85. The van der Waals surface area contributed by atoms with Crippen molar-refractivity contribution >= 4 is 0 Å². The summed E-state index contributed by atoms with van der Waals surface area (Å²) in [4.78, 5) is 1.50. The largest absolute Gasteiger partial charge is 0.340 e. The predicted molar refractivity (Wildman–Crippen MR) is 44.5 cm³/mol. The van der Waals surface area contributed by atoms with Gasteiger partial charge in [-0.25, -0.2) is 0 Å². The molecule has 0 aliphatic rings. The molecule has 1 aromatic rings. The van der Waals surface area contributed by atoms with Crippen molar-refractivity contribution in [1.82, 2.24) is 9.78 Å². The van der Waals surface area contributed by atoms with Crippen molar-refractivity contribution in [2.75, 3.05) is 20.6 Å². The van der Waals surface area contributed by atoms with Gasteiger partial charge < -0.3 is 4.90 Å². The Balaban J connectivity index is 2.14. The number of hydrogen-bond acceptors (Lipinski definition) is 1. The van der Waals surface area contributed by atoms with Crippen molar-refractivity contribution in [3.63, 3.8) is 0 Å². The number of rotatable bonds is 4. The molecule has 0 amide bonds. The maximum Gasteiger partial charge on any atom is 0.0784 e. The number of nitrogens with one attached hydrogen (secondary N) is 1. The first-order chi connectivity index (χ1) is 5.29. The van der Waals surface area contributed by atoms with E-state index < -0.39 is 0 Å². The third-order valence-corrected chi connectivity index (χ3v) is 1.62. The smallest absolute Gasteiger partial charge is 0.0784 e. The third-order valence-electron chi connectivity index (χ3n) is 1.62. The summed E-state index contributed by atoms with van der Waals surface area (Å²) in [6, 6.07) is 1.96. The van der Waals surface area contributed by atoms with Gasteiger partial charge in [0.25, 0.3) is 0 Å². The molecule has 0 aromatic carbocycles. The van der Waals surface area contributed by atoms with E-state index in [0.717, 1.165) is 6.54 Å². The van der Waals surface area contributed by atoms with Gasteiger partial charge in [0.05, 0.1) is 20.6 Å². The summed E-state index contributed by atoms with van der Waals surface area (Å²) in [5.74, 6) is 0. The molecule has 0 fully saturated rings. The highest BCUT2D eigenvalue weighted by atomic mass is 15.3. The van der Waals surface area contributed by atoms with Crippen LogP contribution in [0.25, 0.3) is 0 Å². The van der Waals surface area contributed by atoms with Crippen LogP contribution in [-0.4, -0.2) is 30.4 Å². The molecular formula is C8H16N3+. The number of aromatic nitrogens is 2. The fourth-order valence-electron chi connectivity index (χ4n) is 1.03. The zero-order valence-corrected chi connectivity index (χ0v) is 7.25. The second kappa shape index (κ2) is 4.13. The van der Waals surface area contributed by atoms with Crippen LogP contribution >= 0.6 is 0 Å². The molecule has 62 valence electrons. The fourth-order valence-corrected chi connectivity index (χ4v) is 1.03. The van der Waals surface area contributed by atoms with Gasteiger partial charge in [0.2, 0.25) is 0 Å². The maximum absolute atomic E-state index is 4.12. The van der Waals surface area contributed by atoms with E-state index in [2.05, 4.69) is 19.2 Å². The molecular weight excluding hydrogens is 138 g/mol. The van der Waals surface area contributed by atoms with Crippen LogP contribution < -0.4 is 4.90 Å². The molecule has 0 saturated heterocycles. The molecule has 0 aliphatic heterocycles. The van der Waals surface area contributed by atoms with Gasteiger partial charge in [-0.1, -0.05) is 0 Å². The molecule has 0 aliphatic carbocycles. The first-order valence-corrected chi connectivity index (χ1v) is 4.05. The zero-order valence-electron chi connectivity index (χ0n) is 7.25. The topological polar surface area (TPSA) is 22.3 Å². The van der Waals surface area contributed by atoms with E-state index in [4.69, 9.17) is 0 Å². The number of aryl methyl sites for hydroxylation is 1. The Kier molecular flexibility index (Phi) is 3.11. The zero-order chi connectivity index (χ0) is 8.10. The average Bonchev–Trinajstić information content (AvgIpc) is 2.39. The van der Waals surface area contributed by atoms with Gasteiger partial charge in [-0.2, -0.15) is 5.10 Å². The highest BCUT2D eigenvalue weighted by molar-refractivity contribution is 4.77.